The first-order valence-corrected chi connectivity index (χ1v) is 7.67. The SMILES string of the molecule is CCN(C)/C=N/c1cc(C)c(Oc2ccccc2)cc1Br. The van der Waals surface area contributed by atoms with E-state index in [-0.39, 0.29) is 0 Å². The smallest absolute Gasteiger partial charge is 0.131 e. The first-order chi connectivity index (χ1) is 10.1. The van der Waals surface area contributed by atoms with Crippen molar-refractivity contribution in [2.24, 2.45) is 4.99 Å². The van der Waals surface area contributed by atoms with E-state index < -0.39 is 0 Å². The molecule has 0 heterocycles. The number of rotatable bonds is 5. The lowest BCUT2D eigenvalue weighted by atomic mass is 10.2. The lowest BCUT2D eigenvalue weighted by molar-refractivity contribution is 0.478. The van der Waals surface area contributed by atoms with E-state index in [9.17, 15) is 0 Å². The molecule has 0 amide bonds. The van der Waals surface area contributed by atoms with E-state index in [1.54, 1.807) is 0 Å². The molecule has 0 bridgehead atoms. The summed E-state index contributed by atoms with van der Waals surface area (Å²) in [6.07, 6.45) is 1.83. The number of aryl methyl sites for hydroxylation is 1. The summed E-state index contributed by atoms with van der Waals surface area (Å²) in [7, 11) is 2.00. The Morgan fingerprint density at radius 3 is 2.62 bits per heavy atom. The fraction of sp³-hybridized carbons (Fsp3) is 0.235. The molecule has 0 unspecified atom stereocenters. The predicted octanol–water partition coefficient (Wildman–Crippen LogP) is 5.16. The maximum Gasteiger partial charge on any atom is 0.131 e. The molecule has 21 heavy (non-hydrogen) atoms. The van der Waals surface area contributed by atoms with Crippen LogP contribution in [0.2, 0.25) is 0 Å². The summed E-state index contributed by atoms with van der Waals surface area (Å²) in [5, 5.41) is 0. The summed E-state index contributed by atoms with van der Waals surface area (Å²) in [5.41, 5.74) is 1.95. The van der Waals surface area contributed by atoms with Gasteiger partial charge < -0.3 is 9.64 Å². The predicted molar refractivity (Wildman–Crippen MR) is 91.9 cm³/mol. The number of aliphatic imine (C=N–C) groups is 1. The highest BCUT2D eigenvalue weighted by Gasteiger charge is 2.07. The van der Waals surface area contributed by atoms with Gasteiger partial charge in [-0.15, -0.1) is 0 Å². The van der Waals surface area contributed by atoms with Crippen molar-refractivity contribution in [3.05, 3.63) is 52.5 Å². The van der Waals surface area contributed by atoms with Crippen LogP contribution in [0.15, 0.2) is 51.9 Å². The Kier molecular flexibility index (Phi) is 5.39. The lowest BCUT2D eigenvalue weighted by Gasteiger charge is -2.12. The van der Waals surface area contributed by atoms with Crippen LogP contribution >= 0.6 is 15.9 Å². The van der Waals surface area contributed by atoms with E-state index in [0.717, 1.165) is 33.8 Å². The molecule has 2 rings (SSSR count). The van der Waals surface area contributed by atoms with Gasteiger partial charge in [-0.25, -0.2) is 4.99 Å². The third-order valence-electron chi connectivity index (χ3n) is 3.11. The quantitative estimate of drug-likeness (QED) is 0.551. The minimum atomic E-state index is 0.828. The van der Waals surface area contributed by atoms with Gasteiger partial charge in [0.05, 0.1) is 12.0 Å². The molecule has 0 N–H and O–H groups in total. The van der Waals surface area contributed by atoms with Crippen molar-refractivity contribution in [2.75, 3.05) is 13.6 Å². The summed E-state index contributed by atoms with van der Waals surface area (Å²) in [6, 6.07) is 13.7. The maximum atomic E-state index is 5.90. The average molecular weight is 347 g/mol. The van der Waals surface area contributed by atoms with Gasteiger partial charge in [-0.3, -0.25) is 0 Å². The summed E-state index contributed by atoms with van der Waals surface area (Å²) >= 11 is 3.55. The summed E-state index contributed by atoms with van der Waals surface area (Å²) in [4.78, 5) is 6.51. The molecule has 3 nitrogen and oxygen atoms in total. The van der Waals surface area contributed by atoms with Gasteiger partial charge in [0.15, 0.2) is 0 Å². The van der Waals surface area contributed by atoms with Crippen LogP contribution in [0, 0.1) is 6.92 Å². The molecule has 0 aliphatic heterocycles. The number of hydrogen-bond acceptors (Lipinski definition) is 2. The number of benzene rings is 2. The average Bonchev–Trinajstić information content (AvgIpc) is 2.50. The minimum Gasteiger partial charge on any atom is -0.457 e. The summed E-state index contributed by atoms with van der Waals surface area (Å²) in [6.45, 7) is 5.03. The van der Waals surface area contributed by atoms with Gasteiger partial charge in [0.1, 0.15) is 11.5 Å². The second-order valence-corrected chi connectivity index (χ2v) is 5.66. The van der Waals surface area contributed by atoms with Gasteiger partial charge in [0.2, 0.25) is 0 Å². The maximum absolute atomic E-state index is 5.90. The molecule has 0 saturated heterocycles. The normalized spacial score (nSPS) is 10.9. The molecule has 0 aliphatic carbocycles. The third-order valence-corrected chi connectivity index (χ3v) is 3.74. The fourth-order valence-electron chi connectivity index (χ4n) is 1.71. The molecule has 0 aromatic heterocycles. The molecule has 2 aromatic rings. The molecular weight excluding hydrogens is 328 g/mol. The monoisotopic (exact) mass is 346 g/mol. The molecule has 0 radical (unpaired) electrons. The van der Waals surface area contributed by atoms with Crippen LogP contribution in [-0.4, -0.2) is 24.8 Å². The van der Waals surface area contributed by atoms with Crippen molar-refractivity contribution in [1.82, 2.24) is 4.90 Å². The Balaban J connectivity index is 2.23. The van der Waals surface area contributed by atoms with E-state index in [2.05, 4.69) is 27.8 Å². The van der Waals surface area contributed by atoms with Gasteiger partial charge in [0, 0.05) is 18.1 Å². The Morgan fingerprint density at radius 1 is 1.24 bits per heavy atom. The van der Waals surface area contributed by atoms with Gasteiger partial charge in [-0.2, -0.15) is 0 Å². The summed E-state index contributed by atoms with van der Waals surface area (Å²) < 4.78 is 6.82. The topological polar surface area (TPSA) is 24.8 Å². The summed E-state index contributed by atoms with van der Waals surface area (Å²) in [5.74, 6) is 1.66. The zero-order valence-electron chi connectivity index (χ0n) is 12.5. The highest BCUT2D eigenvalue weighted by Crippen LogP contribution is 2.34. The Labute approximate surface area is 134 Å². The van der Waals surface area contributed by atoms with E-state index in [1.165, 1.54) is 0 Å². The van der Waals surface area contributed by atoms with Crippen molar-refractivity contribution >= 4 is 28.0 Å². The minimum absolute atomic E-state index is 0.828. The second-order valence-electron chi connectivity index (χ2n) is 4.80. The molecule has 0 saturated carbocycles. The van der Waals surface area contributed by atoms with Gasteiger partial charge in [-0.05, 0) is 59.6 Å². The first-order valence-electron chi connectivity index (χ1n) is 6.87. The highest BCUT2D eigenvalue weighted by atomic mass is 79.9. The van der Waals surface area contributed by atoms with Gasteiger partial charge >= 0.3 is 0 Å². The van der Waals surface area contributed by atoms with Crippen LogP contribution in [0.1, 0.15) is 12.5 Å². The van der Waals surface area contributed by atoms with Crippen LogP contribution in [0.4, 0.5) is 5.69 Å². The van der Waals surface area contributed by atoms with Crippen molar-refractivity contribution in [3.8, 4) is 11.5 Å². The molecule has 0 spiro atoms. The zero-order chi connectivity index (χ0) is 15.2. The number of ether oxygens (including phenoxy) is 1. The molecular formula is C17H19BrN2O. The first kappa shape index (κ1) is 15.6. The molecule has 4 heteroatoms. The molecule has 110 valence electrons. The van der Waals surface area contributed by atoms with E-state index in [0.29, 0.717) is 0 Å². The van der Waals surface area contributed by atoms with E-state index >= 15 is 0 Å². The molecule has 0 aliphatic rings. The number of para-hydroxylation sites is 1. The van der Waals surface area contributed by atoms with Crippen molar-refractivity contribution in [3.63, 3.8) is 0 Å². The Hall–Kier alpha value is -1.81. The van der Waals surface area contributed by atoms with Crippen LogP contribution in [0.3, 0.4) is 0 Å². The largest absolute Gasteiger partial charge is 0.457 e. The van der Waals surface area contributed by atoms with Crippen molar-refractivity contribution < 1.29 is 4.74 Å². The molecule has 0 fully saturated rings. The van der Waals surface area contributed by atoms with Crippen LogP contribution < -0.4 is 4.74 Å². The Bertz CT molecular complexity index is 626. The highest BCUT2D eigenvalue weighted by molar-refractivity contribution is 9.10. The number of nitrogens with zero attached hydrogens (tertiary/aromatic N) is 2. The van der Waals surface area contributed by atoms with Gasteiger partial charge in [0.25, 0.3) is 0 Å². The van der Waals surface area contributed by atoms with E-state index in [4.69, 9.17) is 4.74 Å². The standard InChI is InChI=1S/C17H19BrN2O/c1-4-20(3)12-19-16-10-13(2)17(11-15(16)18)21-14-8-6-5-7-9-14/h5-12H,4H2,1-3H3/b19-12+. The third kappa shape index (κ3) is 4.33. The fourth-order valence-corrected chi connectivity index (χ4v) is 2.14. The Morgan fingerprint density at radius 2 is 1.95 bits per heavy atom. The van der Waals surface area contributed by atoms with Crippen molar-refractivity contribution in [1.29, 1.82) is 0 Å². The molecule has 0 atom stereocenters. The molecule has 2 aromatic carbocycles. The second kappa shape index (κ2) is 7.27. The van der Waals surface area contributed by atoms with Crippen LogP contribution in [0.5, 0.6) is 11.5 Å². The van der Waals surface area contributed by atoms with Crippen LogP contribution in [-0.2, 0) is 0 Å². The lowest BCUT2D eigenvalue weighted by Crippen LogP contribution is -2.14. The van der Waals surface area contributed by atoms with Gasteiger partial charge in [-0.1, -0.05) is 18.2 Å². The number of halogens is 1. The zero-order valence-corrected chi connectivity index (χ0v) is 14.1. The van der Waals surface area contributed by atoms with Crippen LogP contribution in [0.25, 0.3) is 0 Å². The van der Waals surface area contributed by atoms with Crippen molar-refractivity contribution in [2.45, 2.75) is 13.8 Å². The number of hydrogen-bond donors (Lipinski definition) is 0. The van der Waals surface area contributed by atoms with E-state index in [1.807, 2.05) is 67.7 Å².